The molecule has 114 valence electrons. The molecule has 3 N–H and O–H groups in total. The van der Waals surface area contributed by atoms with Crippen LogP contribution in [0.2, 0.25) is 0 Å². The first-order chi connectivity index (χ1) is 9.44. The molecule has 0 radical (unpaired) electrons. The Morgan fingerprint density at radius 1 is 1.20 bits per heavy atom. The summed E-state index contributed by atoms with van der Waals surface area (Å²) in [5, 5.41) is 3.08. The number of nitrogens with two attached hydrogens (primary N) is 1. The molecular weight excluding hydrogens is 268 g/mol. The van der Waals surface area contributed by atoms with Crippen molar-refractivity contribution in [2.45, 2.75) is 58.8 Å². The first-order valence-corrected chi connectivity index (χ1v) is 8.43. The average Bonchev–Trinajstić information content (AvgIpc) is 2.36. The van der Waals surface area contributed by atoms with E-state index in [4.69, 9.17) is 18.0 Å². The molecule has 0 aliphatic heterocycles. The van der Waals surface area contributed by atoms with Gasteiger partial charge in [0.1, 0.15) is 0 Å². The van der Waals surface area contributed by atoms with Crippen molar-refractivity contribution in [3.05, 3.63) is 0 Å². The van der Waals surface area contributed by atoms with Gasteiger partial charge >= 0.3 is 0 Å². The summed E-state index contributed by atoms with van der Waals surface area (Å²) in [6.07, 6.45) is 8.04. The highest BCUT2D eigenvalue weighted by molar-refractivity contribution is 7.80. The van der Waals surface area contributed by atoms with Crippen molar-refractivity contribution in [2.24, 2.45) is 28.9 Å². The first kappa shape index (κ1) is 15.7. The fourth-order valence-corrected chi connectivity index (χ4v) is 4.06. The van der Waals surface area contributed by atoms with Gasteiger partial charge in [-0.2, -0.15) is 0 Å². The standard InChI is InChI=1S/C16H28N2OS/c1-11-3-5-13(6-4-11)7-8-18-15(19)16(14(17)20)9-12(2)10-16/h11-13H,3-10H2,1-2H3,(H2,17,20)(H,18,19). The van der Waals surface area contributed by atoms with Crippen LogP contribution in [0.3, 0.4) is 0 Å². The van der Waals surface area contributed by atoms with E-state index < -0.39 is 5.41 Å². The maximum atomic E-state index is 12.3. The van der Waals surface area contributed by atoms with Crippen molar-refractivity contribution in [3.8, 4) is 0 Å². The molecule has 0 aromatic heterocycles. The molecule has 20 heavy (non-hydrogen) atoms. The number of hydrogen-bond donors (Lipinski definition) is 2. The third-order valence-corrected chi connectivity index (χ3v) is 5.66. The van der Waals surface area contributed by atoms with Gasteiger partial charge in [-0.3, -0.25) is 4.79 Å². The summed E-state index contributed by atoms with van der Waals surface area (Å²) >= 11 is 5.12. The van der Waals surface area contributed by atoms with Gasteiger partial charge in [0.15, 0.2) is 0 Å². The predicted molar refractivity (Wildman–Crippen MR) is 86.4 cm³/mol. The number of hydrogen-bond acceptors (Lipinski definition) is 2. The normalized spacial score (nSPS) is 37.0. The van der Waals surface area contributed by atoms with Crippen molar-refractivity contribution in [1.29, 1.82) is 0 Å². The molecule has 0 saturated heterocycles. The fraction of sp³-hybridized carbons (Fsp3) is 0.875. The van der Waals surface area contributed by atoms with E-state index in [9.17, 15) is 4.79 Å². The Balaban J connectivity index is 1.73. The molecule has 2 aliphatic carbocycles. The van der Waals surface area contributed by atoms with Gasteiger partial charge < -0.3 is 11.1 Å². The zero-order valence-corrected chi connectivity index (χ0v) is 13.6. The second kappa shape index (κ2) is 6.42. The van der Waals surface area contributed by atoms with Gasteiger partial charge in [-0.25, -0.2) is 0 Å². The summed E-state index contributed by atoms with van der Waals surface area (Å²) in [5.74, 6) is 2.29. The van der Waals surface area contributed by atoms with Crippen LogP contribution in [0.5, 0.6) is 0 Å². The minimum Gasteiger partial charge on any atom is -0.392 e. The maximum Gasteiger partial charge on any atom is 0.233 e. The van der Waals surface area contributed by atoms with E-state index in [0.29, 0.717) is 10.9 Å². The van der Waals surface area contributed by atoms with Gasteiger partial charge in [-0.1, -0.05) is 51.7 Å². The van der Waals surface area contributed by atoms with Crippen LogP contribution in [0, 0.1) is 23.2 Å². The first-order valence-electron chi connectivity index (χ1n) is 8.02. The van der Waals surface area contributed by atoms with Crippen LogP contribution >= 0.6 is 12.2 Å². The minimum atomic E-state index is -0.546. The molecule has 4 heteroatoms. The zero-order chi connectivity index (χ0) is 14.8. The Kier molecular flexibility index (Phi) is 5.05. The van der Waals surface area contributed by atoms with Gasteiger partial charge in [0.05, 0.1) is 10.4 Å². The van der Waals surface area contributed by atoms with Gasteiger partial charge in [-0.15, -0.1) is 0 Å². The van der Waals surface area contributed by atoms with Crippen LogP contribution in [-0.2, 0) is 4.79 Å². The molecule has 1 amide bonds. The second-order valence-corrected chi connectivity index (χ2v) is 7.57. The second-order valence-electron chi connectivity index (χ2n) is 7.13. The van der Waals surface area contributed by atoms with Gasteiger partial charge in [-0.05, 0) is 37.0 Å². The Labute approximate surface area is 128 Å². The van der Waals surface area contributed by atoms with Crippen LogP contribution in [0.15, 0.2) is 0 Å². The molecule has 2 rings (SSSR count). The molecule has 3 nitrogen and oxygen atoms in total. The molecule has 0 heterocycles. The van der Waals surface area contributed by atoms with Crippen molar-refractivity contribution in [1.82, 2.24) is 5.32 Å². The molecule has 2 saturated carbocycles. The summed E-state index contributed by atoms with van der Waals surface area (Å²) in [6, 6.07) is 0. The largest absolute Gasteiger partial charge is 0.392 e. The summed E-state index contributed by atoms with van der Waals surface area (Å²) in [6.45, 7) is 5.26. The third-order valence-electron chi connectivity index (χ3n) is 5.27. The number of amides is 1. The van der Waals surface area contributed by atoms with E-state index in [-0.39, 0.29) is 5.91 Å². The highest BCUT2D eigenvalue weighted by Crippen LogP contribution is 2.46. The van der Waals surface area contributed by atoms with Crippen molar-refractivity contribution in [2.75, 3.05) is 6.54 Å². The predicted octanol–water partition coefficient (Wildman–Crippen LogP) is 3.02. The number of carbonyl (C=O) groups is 1. The molecular formula is C16H28N2OS. The van der Waals surface area contributed by atoms with E-state index in [2.05, 4.69) is 19.2 Å². The van der Waals surface area contributed by atoms with Crippen LogP contribution in [0.4, 0.5) is 0 Å². The molecule has 0 aromatic carbocycles. The lowest BCUT2D eigenvalue weighted by Crippen LogP contribution is -2.56. The van der Waals surface area contributed by atoms with Gasteiger partial charge in [0.2, 0.25) is 5.91 Å². The Morgan fingerprint density at radius 2 is 1.80 bits per heavy atom. The molecule has 0 aromatic rings. The van der Waals surface area contributed by atoms with Gasteiger partial charge in [0, 0.05) is 6.54 Å². The maximum absolute atomic E-state index is 12.3. The SMILES string of the molecule is CC1CCC(CCNC(=O)C2(C(N)=S)CC(C)C2)CC1. The monoisotopic (exact) mass is 296 g/mol. The fourth-order valence-electron chi connectivity index (χ4n) is 3.81. The van der Waals surface area contributed by atoms with Gasteiger partial charge in [0.25, 0.3) is 0 Å². The average molecular weight is 296 g/mol. The molecule has 2 aliphatic rings. The number of carbonyl (C=O) groups excluding carboxylic acids is 1. The van der Waals surface area contributed by atoms with Crippen LogP contribution in [0.1, 0.15) is 58.8 Å². The third kappa shape index (κ3) is 3.33. The molecule has 0 unspecified atom stereocenters. The Hall–Kier alpha value is -0.640. The highest BCUT2D eigenvalue weighted by atomic mass is 32.1. The number of thiocarbonyl (C=S) groups is 1. The summed E-state index contributed by atoms with van der Waals surface area (Å²) in [5.41, 5.74) is 5.25. The van der Waals surface area contributed by atoms with E-state index in [1.165, 1.54) is 25.7 Å². The van der Waals surface area contributed by atoms with E-state index in [1.807, 2.05) is 0 Å². The summed E-state index contributed by atoms with van der Waals surface area (Å²) in [7, 11) is 0. The molecule has 0 spiro atoms. The highest BCUT2D eigenvalue weighted by Gasteiger charge is 2.50. The summed E-state index contributed by atoms with van der Waals surface area (Å²) < 4.78 is 0. The van der Waals surface area contributed by atoms with Crippen molar-refractivity contribution < 1.29 is 4.79 Å². The van der Waals surface area contributed by atoms with Crippen molar-refractivity contribution in [3.63, 3.8) is 0 Å². The lowest BCUT2D eigenvalue weighted by Gasteiger charge is -2.44. The quantitative estimate of drug-likeness (QED) is 0.767. The van der Waals surface area contributed by atoms with E-state index in [0.717, 1.165) is 37.6 Å². The minimum absolute atomic E-state index is 0.0623. The van der Waals surface area contributed by atoms with Crippen LogP contribution in [0.25, 0.3) is 0 Å². The molecule has 2 fully saturated rings. The topological polar surface area (TPSA) is 55.1 Å². The van der Waals surface area contributed by atoms with Crippen LogP contribution < -0.4 is 11.1 Å². The summed E-state index contributed by atoms with van der Waals surface area (Å²) in [4.78, 5) is 12.7. The lowest BCUT2D eigenvalue weighted by molar-refractivity contribution is -0.132. The van der Waals surface area contributed by atoms with E-state index >= 15 is 0 Å². The zero-order valence-electron chi connectivity index (χ0n) is 12.8. The Morgan fingerprint density at radius 3 is 2.30 bits per heavy atom. The number of nitrogens with one attached hydrogen (secondary N) is 1. The number of rotatable bonds is 5. The molecule has 0 bridgehead atoms. The lowest BCUT2D eigenvalue weighted by atomic mass is 9.62. The van der Waals surface area contributed by atoms with Crippen LogP contribution in [-0.4, -0.2) is 17.4 Å². The Bertz CT molecular complexity index is 369. The van der Waals surface area contributed by atoms with Crippen molar-refractivity contribution >= 4 is 23.1 Å². The van der Waals surface area contributed by atoms with E-state index in [1.54, 1.807) is 0 Å². The smallest absolute Gasteiger partial charge is 0.233 e. The molecule has 0 atom stereocenters.